The third kappa shape index (κ3) is 4.92. The number of rotatable bonds is 7. The summed E-state index contributed by atoms with van der Waals surface area (Å²) in [6.45, 7) is 0.375. The summed E-state index contributed by atoms with van der Waals surface area (Å²) in [4.78, 5) is 23.3. The van der Waals surface area contributed by atoms with E-state index in [1.54, 1.807) is 44.6 Å². The molecule has 0 aliphatic carbocycles. The van der Waals surface area contributed by atoms with E-state index in [1.807, 2.05) is 12.1 Å². The molecule has 0 radical (unpaired) electrons. The Morgan fingerprint density at radius 1 is 1.16 bits per heavy atom. The summed E-state index contributed by atoms with van der Waals surface area (Å²) >= 11 is 0. The third-order valence-electron chi connectivity index (χ3n) is 3.48. The van der Waals surface area contributed by atoms with E-state index in [4.69, 9.17) is 14.6 Å². The Labute approximate surface area is 145 Å². The molecular formula is C19H19NO5. The number of hydrogen-bond donors (Lipinski definition) is 2. The first-order chi connectivity index (χ1) is 12.0. The minimum atomic E-state index is -1.10. The number of amides is 1. The molecule has 0 saturated heterocycles. The van der Waals surface area contributed by atoms with Crippen molar-refractivity contribution in [3.63, 3.8) is 0 Å². The van der Waals surface area contributed by atoms with Crippen LogP contribution in [0.3, 0.4) is 0 Å². The molecule has 0 unspecified atom stereocenters. The van der Waals surface area contributed by atoms with E-state index in [2.05, 4.69) is 5.32 Å². The Kier molecular flexibility index (Phi) is 6.31. The Balaban J connectivity index is 2.17. The number of anilines is 1. The largest absolute Gasteiger partial charge is 0.497 e. The first-order valence-electron chi connectivity index (χ1n) is 7.52. The first-order valence-corrected chi connectivity index (χ1v) is 7.52. The van der Waals surface area contributed by atoms with Crippen LogP contribution in [-0.4, -0.2) is 31.2 Å². The second-order valence-corrected chi connectivity index (χ2v) is 5.17. The molecule has 0 fully saturated rings. The van der Waals surface area contributed by atoms with Crippen molar-refractivity contribution in [1.29, 1.82) is 0 Å². The summed E-state index contributed by atoms with van der Waals surface area (Å²) < 4.78 is 10.3. The van der Waals surface area contributed by atoms with Crippen LogP contribution in [0.25, 0.3) is 6.08 Å². The number of carboxylic acids is 1. The lowest BCUT2D eigenvalue weighted by molar-refractivity contribution is -0.111. The average Bonchev–Trinajstić information content (AvgIpc) is 2.61. The van der Waals surface area contributed by atoms with Gasteiger partial charge in [-0.1, -0.05) is 18.2 Å². The number of carboxylic acid groups (broad SMARTS) is 1. The summed E-state index contributed by atoms with van der Waals surface area (Å²) in [6.07, 6.45) is 2.99. The number of aromatic carboxylic acids is 1. The number of methoxy groups -OCH3 is 2. The third-order valence-corrected chi connectivity index (χ3v) is 3.48. The van der Waals surface area contributed by atoms with Crippen LogP contribution in [-0.2, 0) is 16.1 Å². The lowest BCUT2D eigenvalue weighted by Gasteiger charge is -2.08. The van der Waals surface area contributed by atoms with E-state index in [1.165, 1.54) is 12.1 Å². The van der Waals surface area contributed by atoms with Gasteiger partial charge in [0.05, 0.1) is 25.0 Å². The van der Waals surface area contributed by atoms with E-state index in [0.29, 0.717) is 12.4 Å². The van der Waals surface area contributed by atoms with Gasteiger partial charge in [0.2, 0.25) is 5.91 Å². The monoisotopic (exact) mass is 341 g/mol. The molecule has 0 spiro atoms. The predicted molar refractivity (Wildman–Crippen MR) is 94.8 cm³/mol. The van der Waals surface area contributed by atoms with Crippen molar-refractivity contribution in [3.05, 3.63) is 65.2 Å². The molecule has 2 rings (SSSR count). The number of benzene rings is 2. The minimum Gasteiger partial charge on any atom is -0.497 e. The molecule has 0 saturated carbocycles. The van der Waals surface area contributed by atoms with Crippen LogP contribution in [0.4, 0.5) is 5.69 Å². The molecule has 2 N–H and O–H groups in total. The Hall–Kier alpha value is -3.12. The van der Waals surface area contributed by atoms with Gasteiger partial charge in [0.15, 0.2) is 0 Å². The van der Waals surface area contributed by atoms with Crippen molar-refractivity contribution in [3.8, 4) is 5.75 Å². The number of carbonyl (C=O) groups excluding carboxylic acids is 1. The van der Waals surface area contributed by atoms with Gasteiger partial charge < -0.3 is 19.9 Å². The minimum absolute atomic E-state index is 0.0359. The first kappa shape index (κ1) is 18.2. The molecule has 0 bridgehead atoms. The summed E-state index contributed by atoms with van der Waals surface area (Å²) in [7, 11) is 3.16. The molecule has 0 aliphatic rings. The fourth-order valence-electron chi connectivity index (χ4n) is 2.27. The zero-order valence-corrected chi connectivity index (χ0v) is 14.0. The summed E-state index contributed by atoms with van der Waals surface area (Å²) in [5, 5.41) is 11.7. The van der Waals surface area contributed by atoms with Crippen molar-refractivity contribution < 1.29 is 24.2 Å². The topological polar surface area (TPSA) is 84.9 Å². The number of hydrogen-bond acceptors (Lipinski definition) is 4. The maximum Gasteiger partial charge on any atom is 0.337 e. The van der Waals surface area contributed by atoms with Gasteiger partial charge in [-0.25, -0.2) is 4.79 Å². The van der Waals surface area contributed by atoms with Gasteiger partial charge in [-0.15, -0.1) is 0 Å². The Morgan fingerprint density at radius 3 is 2.60 bits per heavy atom. The molecule has 1 amide bonds. The van der Waals surface area contributed by atoms with Crippen LogP contribution in [0, 0.1) is 0 Å². The van der Waals surface area contributed by atoms with E-state index in [9.17, 15) is 9.59 Å². The molecule has 130 valence electrons. The fourth-order valence-corrected chi connectivity index (χ4v) is 2.27. The second kappa shape index (κ2) is 8.65. The normalized spacial score (nSPS) is 10.6. The summed E-state index contributed by atoms with van der Waals surface area (Å²) in [6, 6.07) is 11.7. The molecule has 0 heterocycles. The number of ether oxygens (including phenoxy) is 2. The van der Waals surface area contributed by atoms with Gasteiger partial charge >= 0.3 is 5.97 Å². The number of para-hydroxylation sites is 1. The second-order valence-electron chi connectivity index (χ2n) is 5.17. The fraction of sp³-hybridized carbons (Fsp3) is 0.158. The quantitative estimate of drug-likeness (QED) is 0.756. The summed E-state index contributed by atoms with van der Waals surface area (Å²) in [5.74, 6) is -0.825. The molecule has 6 nitrogen and oxygen atoms in total. The molecule has 2 aromatic carbocycles. The summed E-state index contributed by atoms with van der Waals surface area (Å²) in [5.41, 5.74) is 1.96. The van der Waals surface area contributed by atoms with Crippen molar-refractivity contribution >= 4 is 23.6 Å². The smallest absolute Gasteiger partial charge is 0.337 e. The molecule has 0 aromatic heterocycles. The van der Waals surface area contributed by atoms with Gasteiger partial charge in [-0.3, -0.25) is 4.79 Å². The number of nitrogens with one attached hydrogen (secondary N) is 1. The van der Waals surface area contributed by atoms with Crippen molar-refractivity contribution in [2.75, 3.05) is 19.5 Å². The maximum atomic E-state index is 12.1. The highest BCUT2D eigenvalue weighted by atomic mass is 16.5. The van der Waals surface area contributed by atoms with Crippen LogP contribution >= 0.6 is 0 Å². The zero-order chi connectivity index (χ0) is 18.2. The Morgan fingerprint density at radius 2 is 1.92 bits per heavy atom. The van der Waals surface area contributed by atoms with Gasteiger partial charge in [0.25, 0.3) is 0 Å². The standard InChI is InChI=1S/C19H19NO5/c1-24-12-14-11-15(25-2)9-7-13(14)8-10-18(21)20-17-6-4-3-5-16(17)19(22)23/h3-11H,12H2,1-2H3,(H,20,21)(H,22,23)/b10-8+. The van der Waals surface area contributed by atoms with E-state index < -0.39 is 11.9 Å². The molecule has 0 aliphatic heterocycles. The van der Waals surface area contributed by atoms with Crippen molar-refractivity contribution in [2.45, 2.75) is 6.61 Å². The lowest BCUT2D eigenvalue weighted by atomic mass is 10.1. The SMILES string of the molecule is COCc1cc(OC)ccc1/C=C/C(=O)Nc1ccccc1C(=O)O. The maximum absolute atomic E-state index is 12.1. The van der Waals surface area contributed by atoms with E-state index in [0.717, 1.165) is 11.1 Å². The van der Waals surface area contributed by atoms with Crippen LogP contribution < -0.4 is 10.1 Å². The van der Waals surface area contributed by atoms with E-state index in [-0.39, 0.29) is 11.3 Å². The predicted octanol–water partition coefficient (Wildman–Crippen LogP) is 3.19. The van der Waals surface area contributed by atoms with Crippen LogP contribution in [0.15, 0.2) is 48.5 Å². The number of carbonyl (C=O) groups is 2. The van der Waals surface area contributed by atoms with Crippen molar-refractivity contribution in [1.82, 2.24) is 0 Å². The molecule has 6 heteroatoms. The highest BCUT2D eigenvalue weighted by molar-refractivity contribution is 6.06. The van der Waals surface area contributed by atoms with Gasteiger partial charge in [-0.05, 0) is 41.5 Å². The van der Waals surface area contributed by atoms with Gasteiger partial charge in [0, 0.05) is 13.2 Å². The zero-order valence-electron chi connectivity index (χ0n) is 14.0. The van der Waals surface area contributed by atoms with Gasteiger partial charge in [0.1, 0.15) is 5.75 Å². The molecule has 25 heavy (non-hydrogen) atoms. The van der Waals surface area contributed by atoms with Crippen LogP contribution in [0.1, 0.15) is 21.5 Å². The Bertz CT molecular complexity index is 798. The average molecular weight is 341 g/mol. The molecule has 2 aromatic rings. The van der Waals surface area contributed by atoms with Crippen molar-refractivity contribution in [2.24, 2.45) is 0 Å². The van der Waals surface area contributed by atoms with E-state index >= 15 is 0 Å². The highest BCUT2D eigenvalue weighted by Gasteiger charge is 2.10. The molecule has 0 atom stereocenters. The lowest BCUT2D eigenvalue weighted by Crippen LogP contribution is -2.11. The van der Waals surface area contributed by atoms with Crippen LogP contribution in [0.2, 0.25) is 0 Å². The molecular weight excluding hydrogens is 322 g/mol. The van der Waals surface area contributed by atoms with Crippen LogP contribution in [0.5, 0.6) is 5.75 Å². The van der Waals surface area contributed by atoms with Gasteiger partial charge in [-0.2, -0.15) is 0 Å². The highest BCUT2D eigenvalue weighted by Crippen LogP contribution is 2.20.